The molecule has 3 aromatic carbocycles. The van der Waals surface area contributed by atoms with Crippen LogP contribution in [-0.4, -0.2) is 38.2 Å². The van der Waals surface area contributed by atoms with Crippen molar-refractivity contribution >= 4 is 34.3 Å². The van der Waals surface area contributed by atoms with Crippen molar-refractivity contribution in [2.45, 2.75) is 13.0 Å². The van der Waals surface area contributed by atoms with Crippen LogP contribution < -0.4 is 10.1 Å². The molecule has 0 radical (unpaired) electrons. The van der Waals surface area contributed by atoms with Crippen LogP contribution in [0, 0.1) is 0 Å². The molecule has 1 amide bonds. The largest absolute Gasteiger partial charge is 0.481 e. The summed E-state index contributed by atoms with van der Waals surface area (Å²) in [6.45, 7) is 1.59. The van der Waals surface area contributed by atoms with Crippen molar-refractivity contribution in [3.8, 4) is 5.75 Å². The van der Waals surface area contributed by atoms with Crippen LogP contribution in [0.3, 0.4) is 0 Å². The van der Waals surface area contributed by atoms with Crippen molar-refractivity contribution in [1.82, 2.24) is 0 Å². The lowest BCUT2D eigenvalue weighted by atomic mass is 10.1. The number of carbonyl (C=O) groups excluding carboxylic acids is 3. The standard InChI is InChI=1S/C23H21NO6/c1-14(30-18-10-8-15-6-4-5-7-16(15)12-18)21(25)24-20-13-17(22(26)28-2)9-11-19(20)23(27)29-3/h4-14H,1-3H3,(H,24,25)/t14-/m0/s1. The van der Waals surface area contributed by atoms with Crippen molar-refractivity contribution in [3.05, 3.63) is 71.8 Å². The molecule has 3 aromatic rings. The summed E-state index contributed by atoms with van der Waals surface area (Å²) in [5.41, 5.74) is 0.420. The molecule has 0 fully saturated rings. The molecule has 0 aliphatic carbocycles. The van der Waals surface area contributed by atoms with Gasteiger partial charge in [0.1, 0.15) is 5.75 Å². The molecular formula is C23H21NO6. The van der Waals surface area contributed by atoms with E-state index in [0.29, 0.717) is 5.75 Å². The van der Waals surface area contributed by atoms with E-state index in [4.69, 9.17) is 14.2 Å². The monoisotopic (exact) mass is 407 g/mol. The van der Waals surface area contributed by atoms with E-state index in [0.717, 1.165) is 10.8 Å². The van der Waals surface area contributed by atoms with Crippen LogP contribution in [0.5, 0.6) is 5.75 Å². The highest BCUT2D eigenvalue weighted by atomic mass is 16.5. The van der Waals surface area contributed by atoms with Crippen LogP contribution in [0.15, 0.2) is 60.7 Å². The van der Waals surface area contributed by atoms with Gasteiger partial charge in [-0.1, -0.05) is 30.3 Å². The van der Waals surface area contributed by atoms with Gasteiger partial charge in [0, 0.05) is 0 Å². The van der Waals surface area contributed by atoms with Gasteiger partial charge in [-0.05, 0) is 48.0 Å². The summed E-state index contributed by atoms with van der Waals surface area (Å²) < 4.78 is 15.2. The van der Waals surface area contributed by atoms with E-state index in [1.165, 1.54) is 32.4 Å². The van der Waals surface area contributed by atoms with E-state index in [2.05, 4.69) is 5.32 Å². The number of fused-ring (bicyclic) bond motifs is 1. The van der Waals surface area contributed by atoms with Gasteiger partial charge in [0.15, 0.2) is 6.10 Å². The predicted octanol–water partition coefficient (Wildman–Crippen LogP) is 3.82. The summed E-state index contributed by atoms with van der Waals surface area (Å²) in [4.78, 5) is 36.5. The van der Waals surface area contributed by atoms with Crippen LogP contribution in [0.1, 0.15) is 27.6 Å². The first-order valence-corrected chi connectivity index (χ1v) is 9.20. The average molecular weight is 407 g/mol. The summed E-state index contributed by atoms with van der Waals surface area (Å²) in [7, 11) is 2.47. The molecule has 3 rings (SSSR count). The van der Waals surface area contributed by atoms with Crippen LogP contribution >= 0.6 is 0 Å². The molecule has 154 valence electrons. The second-order valence-electron chi connectivity index (χ2n) is 6.50. The maximum absolute atomic E-state index is 12.7. The van der Waals surface area contributed by atoms with Crippen LogP contribution in [-0.2, 0) is 14.3 Å². The predicted molar refractivity (Wildman–Crippen MR) is 112 cm³/mol. The lowest BCUT2D eigenvalue weighted by Crippen LogP contribution is -2.31. The highest BCUT2D eigenvalue weighted by Gasteiger charge is 2.21. The van der Waals surface area contributed by atoms with Gasteiger partial charge >= 0.3 is 11.9 Å². The molecule has 0 spiro atoms. The smallest absolute Gasteiger partial charge is 0.339 e. The van der Waals surface area contributed by atoms with Gasteiger partial charge in [-0.3, -0.25) is 4.79 Å². The average Bonchev–Trinajstić information content (AvgIpc) is 2.77. The summed E-state index contributed by atoms with van der Waals surface area (Å²) in [6.07, 6.45) is -0.863. The minimum Gasteiger partial charge on any atom is -0.481 e. The molecule has 0 aliphatic rings. The minimum absolute atomic E-state index is 0.108. The fraction of sp³-hybridized carbons (Fsp3) is 0.174. The van der Waals surface area contributed by atoms with Gasteiger partial charge in [-0.2, -0.15) is 0 Å². The summed E-state index contributed by atoms with van der Waals surface area (Å²) >= 11 is 0. The van der Waals surface area contributed by atoms with E-state index in [1.54, 1.807) is 13.0 Å². The lowest BCUT2D eigenvalue weighted by Gasteiger charge is -2.17. The van der Waals surface area contributed by atoms with E-state index in [-0.39, 0.29) is 16.8 Å². The van der Waals surface area contributed by atoms with E-state index < -0.39 is 23.9 Å². The number of amides is 1. The van der Waals surface area contributed by atoms with Crippen molar-refractivity contribution in [2.24, 2.45) is 0 Å². The number of ether oxygens (including phenoxy) is 3. The Labute approximate surface area is 173 Å². The Hall–Kier alpha value is -3.87. The number of benzene rings is 3. The van der Waals surface area contributed by atoms with Crippen molar-refractivity contribution in [1.29, 1.82) is 0 Å². The van der Waals surface area contributed by atoms with Crippen molar-refractivity contribution in [3.63, 3.8) is 0 Å². The quantitative estimate of drug-likeness (QED) is 0.625. The number of anilines is 1. The van der Waals surface area contributed by atoms with E-state index in [9.17, 15) is 14.4 Å². The lowest BCUT2D eigenvalue weighted by molar-refractivity contribution is -0.122. The molecule has 0 aliphatic heterocycles. The van der Waals surface area contributed by atoms with Gasteiger partial charge in [0.05, 0.1) is 31.0 Å². The second kappa shape index (κ2) is 9.09. The number of nitrogens with one attached hydrogen (secondary N) is 1. The highest BCUT2D eigenvalue weighted by molar-refractivity contribution is 6.04. The zero-order valence-electron chi connectivity index (χ0n) is 16.8. The first-order chi connectivity index (χ1) is 14.4. The van der Waals surface area contributed by atoms with E-state index in [1.807, 2.05) is 36.4 Å². The SMILES string of the molecule is COC(=O)c1ccc(C(=O)OC)c(NC(=O)[C@H](C)Oc2ccc3ccccc3c2)c1. The van der Waals surface area contributed by atoms with Crippen LogP contribution in [0.4, 0.5) is 5.69 Å². The topological polar surface area (TPSA) is 90.9 Å². The molecule has 0 saturated carbocycles. The summed E-state index contributed by atoms with van der Waals surface area (Å²) in [6, 6.07) is 17.5. The van der Waals surface area contributed by atoms with Gasteiger partial charge in [-0.15, -0.1) is 0 Å². The Morgan fingerprint density at radius 1 is 0.833 bits per heavy atom. The number of hydrogen-bond acceptors (Lipinski definition) is 6. The Kier molecular flexibility index (Phi) is 6.32. The zero-order valence-corrected chi connectivity index (χ0v) is 16.8. The Morgan fingerprint density at radius 2 is 1.53 bits per heavy atom. The molecule has 1 atom stereocenters. The highest BCUT2D eigenvalue weighted by Crippen LogP contribution is 2.23. The van der Waals surface area contributed by atoms with Crippen molar-refractivity contribution < 1.29 is 28.6 Å². The fourth-order valence-electron chi connectivity index (χ4n) is 2.91. The van der Waals surface area contributed by atoms with Gasteiger partial charge in [0.2, 0.25) is 0 Å². The number of methoxy groups -OCH3 is 2. The molecule has 0 saturated heterocycles. The first kappa shape index (κ1) is 20.9. The third-order valence-corrected chi connectivity index (χ3v) is 4.51. The molecule has 0 unspecified atom stereocenters. The Balaban J connectivity index is 1.80. The van der Waals surface area contributed by atoms with Gasteiger partial charge in [-0.25, -0.2) is 9.59 Å². The Morgan fingerprint density at radius 3 is 2.23 bits per heavy atom. The molecular weight excluding hydrogens is 386 g/mol. The third kappa shape index (κ3) is 4.57. The number of esters is 2. The zero-order chi connectivity index (χ0) is 21.7. The van der Waals surface area contributed by atoms with Crippen molar-refractivity contribution in [2.75, 3.05) is 19.5 Å². The van der Waals surface area contributed by atoms with Gasteiger partial charge < -0.3 is 19.5 Å². The Bertz CT molecular complexity index is 1110. The fourth-order valence-corrected chi connectivity index (χ4v) is 2.91. The number of hydrogen-bond donors (Lipinski definition) is 1. The molecule has 7 heteroatoms. The molecule has 7 nitrogen and oxygen atoms in total. The molecule has 0 aromatic heterocycles. The molecule has 0 bridgehead atoms. The molecule has 1 N–H and O–H groups in total. The maximum Gasteiger partial charge on any atom is 0.339 e. The van der Waals surface area contributed by atoms with Crippen LogP contribution in [0.25, 0.3) is 10.8 Å². The van der Waals surface area contributed by atoms with Crippen LogP contribution in [0.2, 0.25) is 0 Å². The first-order valence-electron chi connectivity index (χ1n) is 9.20. The minimum atomic E-state index is -0.863. The summed E-state index contributed by atoms with van der Waals surface area (Å²) in [5.74, 6) is -1.20. The molecule has 30 heavy (non-hydrogen) atoms. The van der Waals surface area contributed by atoms with E-state index >= 15 is 0 Å². The number of rotatable bonds is 6. The normalized spacial score (nSPS) is 11.4. The maximum atomic E-state index is 12.7. The third-order valence-electron chi connectivity index (χ3n) is 4.51. The summed E-state index contributed by atoms with van der Waals surface area (Å²) in [5, 5.41) is 4.68. The molecule has 0 heterocycles. The second-order valence-corrected chi connectivity index (χ2v) is 6.50. The van der Waals surface area contributed by atoms with Gasteiger partial charge in [0.25, 0.3) is 5.91 Å². The number of carbonyl (C=O) groups is 3.